The molecular weight excluding hydrogens is 302 g/mol. The van der Waals surface area contributed by atoms with Gasteiger partial charge >= 0.3 is 6.18 Å². The third kappa shape index (κ3) is 2.72. The van der Waals surface area contributed by atoms with Gasteiger partial charge < -0.3 is 5.73 Å². The van der Waals surface area contributed by atoms with E-state index in [0.717, 1.165) is 16.5 Å². The van der Waals surface area contributed by atoms with Crippen LogP contribution in [0.3, 0.4) is 0 Å². The number of hydrogen-bond acceptors (Lipinski definition) is 2. The van der Waals surface area contributed by atoms with E-state index in [4.69, 9.17) is 5.73 Å². The normalized spacial score (nSPS) is 14.3. The molecule has 2 aromatic carbocycles. The summed E-state index contributed by atoms with van der Waals surface area (Å²) < 4.78 is 52.0. The molecule has 0 spiro atoms. The van der Waals surface area contributed by atoms with Gasteiger partial charge in [-0.3, -0.25) is 0 Å². The van der Waals surface area contributed by atoms with Crippen LogP contribution in [-0.4, -0.2) is 0 Å². The van der Waals surface area contributed by atoms with Gasteiger partial charge in [0, 0.05) is 15.5 Å². The van der Waals surface area contributed by atoms with Gasteiger partial charge in [-0.15, -0.1) is 0 Å². The Kier molecular flexibility index (Phi) is 3.36. The number of nitrogen functional groups attached to an aromatic ring is 1. The van der Waals surface area contributed by atoms with Crippen molar-refractivity contribution in [2.75, 3.05) is 5.73 Å². The molecule has 3 rings (SSSR count). The minimum atomic E-state index is -4.46. The zero-order valence-corrected chi connectivity index (χ0v) is 11.6. The second-order valence-electron chi connectivity index (χ2n) is 4.90. The molecule has 1 aliphatic rings. The summed E-state index contributed by atoms with van der Waals surface area (Å²) in [6, 6.07) is 6.90. The molecule has 21 heavy (non-hydrogen) atoms. The van der Waals surface area contributed by atoms with Crippen molar-refractivity contribution in [3.63, 3.8) is 0 Å². The minimum Gasteiger partial charge on any atom is -0.398 e. The summed E-state index contributed by atoms with van der Waals surface area (Å²) in [5, 5.41) is 0. The van der Waals surface area contributed by atoms with Gasteiger partial charge in [0.25, 0.3) is 0 Å². The molecule has 0 fully saturated rings. The van der Waals surface area contributed by atoms with Gasteiger partial charge in [-0.1, -0.05) is 17.8 Å². The Balaban J connectivity index is 2.08. The van der Waals surface area contributed by atoms with E-state index >= 15 is 0 Å². The van der Waals surface area contributed by atoms with Crippen molar-refractivity contribution in [3.05, 3.63) is 52.8 Å². The lowest BCUT2D eigenvalue weighted by atomic mass is 10.0. The van der Waals surface area contributed by atoms with Gasteiger partial charge in [-0.2, -0.15) is 13.2 Å². The van der Waals surface area contributed by atoms with Crippen molar-refractivity contribution in [2.24, 2.45) is 0 Å². The molecule has 0 unspecified atom stereocenters. The summed E-state index contributed by atoms with van der Waals surface area (Å²) in [5.74, 6) is -0.357. The third-order valence-corrected chi connectivity index (χ3v) is 4.65. The molecular formula is C15H11F4NS. The number of alkyl halides is 3. The van der Waals surface area contributed by atoms with E-state index in [1.807, 2.05) is 0 Å². The van der Waals surface area contributed by atoms with E-state index in [2.05, 4.69) is 0 Å². The molecule has 6 heteroatoms. The van der Waals surface area contributed by atoms with E-state index in [1.54, 1.807) is 6.07 Å². The Hall–Kier alpha value is -1.69. The third-order valence-electron chi connectivity index (χ3n) is 3.45. The Morgan fingerprint density at radius 1 is 0.952 bits per heavy atom. The molecule has 1 nitrogen and oxygen atoms in total. The van der Waals surface area contributed by atoms with E-state index in [9.17, 15) is 17.6 Å². The van der Waals surface area contributed by atoms with Crippen molar-refractivity contribution in [1.82, 2.24) is 0 Å². The molecule has 110 valence electrons. The number of hydrogen-bond donors (Lipinski definition) is 1. The first-order chi connectivity index (χ1) is 9.84. The molecule has 0 amide bonds. The molecule has 0 radical (unpaired) electrons. The van der Waals surface area contributed by atoms with E-state index in [-0.39, 0.29) is 11.5 Å². The fourth-order valence-electron chi connectivity index (χ4n) is 2.39. The average molecular weight is 313 g/mol. The van der Waals surface area contributed by atoms with Crippen LogP contribution in [0.25, 0.3) is 0 Å². The van der Waals surface area contributed by atoms with Crippen LogP contribution in [0.1, 0.15) is 16.7 Å². The number of rotatable bonds is 0. The summed E-state index contributed by atoms with van der Waals surface area (Å²) >= 11 is 1.26. The molecule has 1 heterocycles. The first-order valence-corrected chi connectivity index (χ1v) is 7.12. The summed E-state index contributed by atoms with van der Waals surface area (Å²) in [6.45, 7) is 0. The second kappa shape index (κ2) is 4.94. The zero-order chi connectivity index (χ0) is 15.2. The lowest BCUT2D eigenvalue weighted by molar-refractivity contribution is -0.137. The Bertz CT molecular complexity index is 710. The second-order valence-corrected chi connectivity index (χ2v) is 5.98. The van der Waals surface area contributed by atoms with Gasteiger partial charge in [-0.05, 0) is 48.2 Å². The first kappa shape index (κ1) is 14.3. The summed E-state index contributed by atoms with van der Waals surface area (Å²) in [4.78, 5) is 1.39. The SMILES string of the molecule is Nc1cc2c(cc1C(F)(F)F)CCc1ccc(F)cc1S2. The van der Waals surface area contributed by atoms with Gasteiger partial charge in [-0.25, -0.2) is 4.39 Å². The smallest absolute Gasteiger partial charge is 0.398 e. The topological polar surface area (TPSA) is 26.0 Å². The quantitative estimate of drug-likeness (QED) is 0.565. The largest absolute Gasteiger partial charge is 0.418 e. The Labute approximate surface area is 123 Å². The van der Waals surface area contributed by atoms with Crippen LogP contribution in [0.5, 0.6) is 0 Å². The Morgan fingerprint density at radius 3 is 2.33 bits per heavy atom. The summed E-state index contributed by atoms with van der Waals surface area (Å²) in [5.41, 5.74) is 5.95. The molecule has 0 saturated carbocycles. The standard InChI is InChI=1S/C15H11F4NS/c16-10-4-3-8-1-2-9-5-11(15(17,18)19)12(20)7-14(9)21-13(8)6-10/h3-7H,1-2,20H2. The van der Waals surface area contributed by atoms with Gasteiger partial charge in [0.15, 0.2) is 0 Å². The molecule has 2 N–H and O–H groups in total. The molecule has 0 aromatic heterocycles. The highest BCUT2D eigenvalue weighted by Crippen LogP contribution is 2.42. The first-order valence-electron chi connectivity index (χ1n) is 6.30. The number of halogens is 4. The molecule has 0 bridgehead atoms. The molecule has 0 saturated heterocycles. The maximum atomic E-state index is 13.3. The van der Waals surface area contributed by atoms with Crippen LogP contribution in [0.4, 0.5) is 23.2 Å². The van der Waals surface area contributed by atoms with Crippen LogP contribution in [0.2, 0.25) is 0 Å². The van der Waals surface area contributed by atoms with Crippen molar-refractivity contribution in [1.29, 1.82) is 0 Å². The van der Waals surface area contributed by atoms with Crippen LogP contribution < -0.4 is 5.73 Å². The van der Waals surface area contributed by atoms with Gasteiger partial charge in [0.05, 0.1) is 5.56 Å². The van der Waals surface area contributed by atoms with Crippen LogP contribution in [0, 0.1) is 5.82 Å². The highest BCUT2D eigenvalue weighted by Gasteiger charge is 2.34. The van der Waals surface area contributed by atoms with Crippen molar-refractivity contribution in [3.8, 4) is 0 Å². The van der Waals surface area contributed by atoms with E-state index in [1.165, 1.54) is 30.0 Å². The number of aryl methyl sites for hydroxylation is 2. The highest BCUT2D eigenvalue weighted by atomic mass is 32.2. The number of benzene rings is 2. The predicted molar refractivity (Wildman–Crippen MR) is 73.8 cm³/mol. The maximum Gasteiger partial charge on any atom is 0.418 e. The fourth-order valence-corrected chi connectivity index (χ4v) is 3.58. The highest BCUT2D eigenvalue weighted by molar-refractivity contribution is 7.99. The number of nitrogens with two attached hydrogens (primary N) is 1. The lowest BCUT2D eigenvalue weighted by Gasteiger charge is -2.14. The molecule has 2 aromatic rings. The molecule has 1 aliphatic heterocycles. The van der Waals surface area contributed by atoms with Crippen LogP contribution >= 0.6 is 11.8 Å². The fraction of sp³-hybridized carbons (Fsp3) is 0.200. The molecule has 0 atom stereocenters. The van der Waals surface area contributed by atoms with Crippen molar-refractivity contribution in [2.45, 2.75) is 28.8 Å². The maximum absolute atomic E-state index is 13.3. The monoisotopic (exact) mass is 313 g/mol. The van der Waals surface area contributed by atoms with Crippen LogP contribution in [0.15, 0.2) is 40.1 Å². The van der Waals surface area contributed by atoms with E-state index < -0.39 is 11.7 Å². The minimum absolute atomic E-state index is 0.298. The van der Waals surface area contributed by atoms with E-state index in [0.29, 0.717) is 23.3 Å². The van der Waals surface area contributed by atoms with Crippen molar-refractivity contribution >= 4 is 17.4 Å². The number of fused-ring (bicyclic) bond motifs is 2. The van der Waals surface area contributed by atoms with Crippen LogP contribution in [-0.2, 0) is 19.0 Å². The van der Waals surface area contributed by atoms with Gasteiger partial charge in [0.2, 0.25) is 0 Å². The summed E-state index contributed by atoms with van der Waals surface area (Å²) in [7, 11) is 0. The zero-order valence-electron chi connectivity index (χ0n) is 10.8. The number of anilines is 1. The Morgan fingerprint density at radius 2 is 1.62 bits per heavy atom. The predicted octanol–water partition coefficient (Wildman–Crippen LogP) is 4.68. The lowest BCUT2D eigenvalue weighted by Crippen LogP contribution is -2.10. The molecule has 0 aliphatic carbocycles. The van der Waals surface area contributed by atoms with Crippen molar-refractivity contribution < 1.29 is 17.6 Å². The average Bonchev–Trinajstić information content (AvgIpc) is 2.54. The summed E-state index contributed by atoms with van der Waals surface area (Å²) in [6.07, 6.45) is -3.41. The van der Waals surface area contributed by atoms with Gasteiger partial charge in [0.1, 0.15) is 5.82 Å².